The van der Waals surface area contributed by atoms with Crippen LogP contribution in [0.3, 0.4) is 0 Å². The molecule has 1 rings (SSSR count). The van der Waals surface area contributed by atoms with E-state index in [1.54, 1.807) is 5.32 Å². The molecule has 1 aromatic rings. The molecule has 8 heteroatoms. The summed E-state index contributed by atoms with van der Waals surface area (Å²) in [5.41, 5.74) is 1.75. The predicted octanol–water partition coefficient (Wildman–Crippen LogP) is 2.08. The average Bonchev–Trinajstić information content (AvgIpc) is 2.61. The topological polar surface area (TPSA) is 42.0 Å². The highest BCUT2D eigenvalue weighted by atomic mass is 32.1. The fourth-order valence-electron chi connectivity index (χ4n) is 0.875. The number of halogens is 4. The van der Waals surface area contributed by atoms with E-state index in [1.165, 1.54) is 12.4 Å². The van der Waals surface area contributed by atoms with E-state index in [0.29, 0.717) is 5.69 Å². The van der Waals surface area contributed by atoms with Crippen LogP contribution < -0.4 is 5.32 Å². The van der Waals surface area contributed by atoms with Crippen LogP contribution in [0.2, 0.25) is 0 Å². The van der Waals surface area contributed by atoms with Crippen molar-refractivity contribution < 1.29 is 22.4 Å². The van der Waals surface area contributed by atoms with E-state index in [1.807, 2.05) is 0 Å². The highest BCUT2D eigenvalue weighted by Gasteiger charge is 2.41. The lowest BCUT2D eigenvalue weighted by Crippen LogP contribution is -2.41. The molecule has 0 atom stereocenters. The van der Waals surface area contributed by atoms with Crippen molar-refractivity contribution in [3.05, 3.63) is 16.1 Å². The second-order valence-electron chi connectivity index (χ2n) is 3.01. The summed E-state index contributed by atoms with van der Waals surface area (Å²) < 4.78 is 48.5. The van der Waals surface area contributed by atoms with Gasteiger partial charge in [0.05, 0.1) is 17.7 Å². The molecule has 0 aliphatic heterocycles. The molecule has 0 saturated carbocycles. The summed E-state index contributed by atoms with van der Waals surface area (Å²) in [5.74, 6) is -5.03. The molecule has 1 N–H and O–H groups in total. The zero-order valence-electron chi connectivity index (χ0n) is 8.14. The van der Waals surface area contributed by atoms with E-state index >= 15 is 0 Å². The molecule has 0 saturated heterocycles. The highest BCUT2D eigenvalue weighted by molar-refractivity contribution is 7.11. The Bertz CT molecular complexity index is 380. The summed E-state index contributed by atoms with van der Waals surface area (Å²) in [6, 6.07) is 0. The van der Waals surface area contributed by atoms with Crippen LogP contribution >= 0.6 is 11.3 Å². The van der Waals surface area contributed by atoms with Gasteiger partial charge >= 0.3 is 12.3 Å². The van der Waals surface area contributed by atoms with Crippen molar-refractivity contribution in [1.82, 2.24) is 10.3 Å². The first kappa shape index (κ1) is 12.9. The van der Waals surface area contributed by atoms with Gasteiger partial charge in [0.2, 0.25) is 0 Å². The van der Waals surface area contributed by atoms with Gasteiger partial charge in [0, 0.05) is 0 Å². The van der Waals surface area contributed by atoms with Gasteiger partial charge in [0.25, 0.3) is 5.91 Å². The molecule has 1 heterocycles. The lowest BCUT2D eigenvalue weighted by molar-refractivity contribution is -0.123. The first-order chi connectivity index (χ1) is 7.34. The first-order valence-corrected chi connectivity index (χ1v) is 5.07. The lowest BCUT2D eigenvalue weighted by Gasteiger charge is -2.15. The molecule has 3 nitrogen and oxygen atoms in total. The minimum absolute atomic E-state index is 0.144. The predicted molar refractivity (Wildman–Crippen MR) is 50.1 cm³/mol. The van der Waals surface area contributed by atoms with Crippen LogP contribution in [0, 0.1) is 6.92 Å². The smallest absolute Gasteiger partial charge is 0.324 e. The maximum atomic E-state index is 12.5. The van der Waals surface area contributed by atoms with E-state index in [9.17, 15) is 22.4 Å². The lowest BCUT2D eigenvalue weighted by atomic mass is 10.3. The number of carbonyl (C=O) groups excluding carboxylic acids is 1. The zero-order chi connectivity index (χ0) is 12.3. The van der Waals surface area contributed by atoms with Crippen LogP contribution in [0.4, 0.5) is 17.6 Å². The normalized spacial score (nSPS) is 11.9. The summed E-state index contributed by atoms with van der Waals surface area (Å²) >= 11 is 0.961. The molecule has 0 unspecified atom stereocenters. The number of nitrogens with one attached hydrogen (secondary N) is 1. The Hall–Kier alpha value is -1.18. The minimum atomic E-state index is -4.21. The molecule has 0 fully saturated rings. The third kappa shape index (κ3) is 2.91. The molecule has 0 spiro atoms. The van der Waals surface area contributed by atoms with E-state index in [4.69, 9.17) is 0 Å². The van der Waals surface area contributed by atoms with Crippen molar-refractivity contribution >= 4 is 17.2 Å². The third-order valence-corrected chi connectivity index (χ3v) is 2.68. The molecule has 0 aromatic carbocycles. The number of nitrogens with zero attached hydrogens (tertiary/aromatic N) is 1. The molecular weight excluding hydrogens is 248 g/mol. The van der Waals surface area contributed by atoms with E-state index in [-0.39, 0.29) is 4.88 Å². The maximum absolute atomic E-state index is 12.5. The van der Waals surface area contributed by atoms with Gasteiger partial charge in [-0.2, -0.15) is 8.78 Å². The van der Waals surface area contributed by atoms with E-state index in [2.05, 4.69) is 4.98 Å². The molecule has 0 aliphatic rings. The second kappa shape index (κ2) is 4.77. The number of hydrogen-bond donors (Lipinski definition) is 1. The molecule has 0 aliphatic carbocycles. The van der Waals surface area contributed by atoms with Crippen LogP contribution in [0.1, 0.15) is 15.4 Å². The van der Waals surface area contributed by atoms with Gasteiger partial charge in [0.1, 0.15) is 4.88 Å². The Morgan fingerprint density at radius 1 is 1.62 bits per heavy atom. The number of carbonyl (C=O) groups is 1. The van der Waals surface area contributed by atoms with Crippen LogP contribution in [0.25, 0.3) is 0 Å². The van der Waals surface area contributed by atoms with Gasteiger partial charge in [-0.25, -0.2) is 13.8 Å². The minimum Gasteiger partial charge on any atom is -0.345 e. The largest absolute Gasteiger partial charge is 0.345 e. The Morgan fingerprint density at radius 3 is 2.69 bits per heavy atom. The van der Waals surface area contributed by atoms with Crippen molar-refractivity contribution in [3.8, 4) is 0 Å². The fourth-order valence-corrected chi connectivity index (χ4v) is 1.59. The molecule has 16 heavy (non-hydrogen) atoms. The number of aromatic nitrogens is 1. The van der Waals surface area contributed by atoms with Crippen LogP contribution in [-0.4, -0.2) is 29.8 Å². The molecular formula is C8H8F4N2OS. The van der Waals surface area contributed by atoms with Crippen molar-refractivity contribution in [1.29, 1.82) is 0 Å². The Morgan fingerprint density at radius 2 is 2.25 bits per heavy atom. The van der Waals surface area contributed by atoms with Crippen molar-refractivity contribution in [2.24, 2.45) is 0 Å². The molecule has 90 valence electrons. The quantitative estimate of drug-likeness (QED) is 0.838. The fraction of sp³-hybridized carbons (Fsp3) is 0.500. The zero-order valence-corrected chi connectivity index (χ0v) is 8.95. The SMILES string of the molecule is Cc1ncsc1C(=O)NCC(F)(F)C(F)F. The summed E-state index contributed by atoms with van der Waals surface area (Å²) in [6.45, 7) is 0.136. The van der Waals surface area contributed by atoms with Gasteiger partial charge in [-0.05, 0) is 6.92 Å². The summed E-state index contributed by atoms with van der Waals surface area (Å²) in [5, 5.41) is 1.75. The van der Waals surface area contributed by atoms with Crippen LogP contribution in [0.15, 0.2) is 5.51 Å². The summed E-state index contributed by atoms with van der Waals surface area (Å²) in [7, 11) is 0. The Balaban J connectivity index is 2.58. The van der Waals surface area contributed by atoms with Crippen LogP contribution in [-0.2, 0) is 0 Å². The standard InChI is InChI=1S/C8H8F4N2OS/c1-4-5(16-3-14-4)6(15)13-2-8(11,12)7(9)10/h3,7H,2H2,1H3,(H,13,15). The Kier molecular flexibility index (Phi) is 3.84. The first-order valence-electron chi connectivity index (χ1n) is 4.19. The van der Waals surface area contributed by atoms with Gasteiger partial charge < -0.3 is 5.32 Å². The van der Waals surface area contributed by atoms with Gasteiger partial charge in [-0.3, -0.25) is 4.79 Å². The second-order valence-corrected chi connectivity index (χ2v) is 3.87. The molecule has 1 aromatic heterocycles. The molecule has 0 bridgehead atoms. The summed E-state index contributed by atoms with van der Waals surface area (Å²) in [4.78, 5) is 15.2. The number of rotatable bonds is 4. The average molecular weight is 256 g/mol. The number of alkyl halides is 4. The van der Waals surface area contributed by atoms with Crippen molar-refractivity contribution in [3.63, 3.8) is 0 Å². The highest BCUT2D eigenvalue weighted by Crippen LogP contribution is 2.22. The monoisotopic (exact) mass is 256 g/mol. The van der Waals surface area contributed by atoms with Gasteiger partial charge in [-0.1, -0.05) is 0 Å². The third-order valence-electron chi connectivity index (χ3n) is 1.76. The molecule has 0 radical (unpaired) electrons. The van der Waals surface area contributed by atoms with Crippen molar-refractivity contribution in [2.75, 3.05) is 6.54 Å². The summed E-state index contributed by atoms with van der Waals surface area (Å²) in [6.07, 6.45) is -3.80. The number of amides is 1. The maximum Gasteiger partial charge on any atom is 0.324 e. The van der Waals surface area contributed by atoms with Gasteiger partial charge in [0.15, 0.2) is 0 Å². The number of thiazole rings is 1. The van der Waals surface area contributed by atoms with E-state index < -0.39 is 24.8 Å². The van der Waals surface area contributed by atoms with Crippen molar-refractivity contribution in [2.45, 2.75) is 19.3 Å². The number of hydrogen-bond acceptors (Lipinski definition) is 3. The van der Waals surface area contributed by atoms with E-state index in [0.717, 1.165) is 11.3 Å². The van der Waals surface area contributed by atoms with Crippen LogP contribution in [0.5, 0.6) is 0 Å². The Labute approximate surface area is 92.5 Å². The number of aryl methyl sites for hydroxylation is 1. The molecule has 1 amide bonds. The van der Waals surface area contributed by atoms with Gasteiger partial charge in [-0.15, -0.1) is 11.3 Å².